The molecular formula is C16H19N3OS. The highest BCUT2D eigenvalue weighted by Gasteiger charge is 2.20. The number of carbonyl (C=O) groups is 1. The molecule has 0 radical (unpaired) electrons. The minimum absolute atomic E-state index is 0.0612. The summed E-state index contributed by atoms with van der Waals surface area (Å²) in [6.45, 7) is 1.90. The Labute approximate surface area is 128 Å². The molecule has 0 saturated heterocycles. The van der Waals surface area contributed by atoms with Crippen molar-refractivity contribution in [2.75, 3.05) is 5.73 Å². The Morgan fingerprint density at radius 3 is 2.90 bits per heavy atom. The zero-order chi connectivity index (χ0) is 14.8. The second-order valence-corrected chi connectivity index (χ2v) is 6.63. The maximum absolute atomic E-state index is 12.2. The Balaban J connectivity index is 1.60. The van der Waals surface area contributed by atoms with Gasteiger partial charge in [-0.2, -0.15) is 0 Å². The van der Waals surface area contributed by atoms with Gasteiger partial charge in [0, 0.05) is 10.9 Å². The number of aromatic nitrogens is 1. The van der Waals surface area contributed by atoms with Crippen molar-refractivity contribution in [2.24, 2.45) is 0 Å². The largest absolute Gasteiger partial charge is 0.375 e. The predicted molar refractivity (Wildman–Crippen MR) is 85.4 cm³/mol. The molecule has 1 aromatic heterocycles. The number of rotatable bonds is 3. The standard InChI is InChI=1S/C16H19N3OS/c1-10-14(21-16(17)18-10)9-15(20)19-13-7-6-11-4-2-3-5-12(11)8-13/h2-5,13H,6-9H2,1H3,(H2,17,18)(H,19,20). The summed E-state index contributed by atoms with van der Waals surface area (Å²) in [6, 6.07) is 8.71. The molecule has 1 aromatic carbocycles. The van der Waals surface area contributed by atoms with E-state index < -0.39 is 0 Å². The van der Waals surface area contributed by atoms with Crippen molar-refractivity contribution in [2.45, 2.75) is 38.6 Å². The Bertz CT molecular complexity index is 665. The molecule has 0 spiro atoms. The highest BCUT2D eigenvalue weighted by molar-refractivity contribution is 7.15. The Kier molecular flexibility index (Phi) is 3.92. The van der Waals surface area contributed by atoms with Crippen molar-refractivity contribution in [3.05, 3.63) is 46.0 Å². The minimum Gasteiger partial charge on any atom is -0.375 e. The molecule has 0 fully saturated rings. The fraction of sp³-hybridized carbons (Fsp3) is 0.375. The Hall–Kier alpha value is -1.88. The fourth-order valence-electron chi connectivity index (χ4n) is 2.86. The van der Waals surface area contributed by atoms with Crippen LogP contribution in [-0.2, 0) is 24.1 Å². The first-order valence-electron chi connectivity index (χ1n) is 7.19. The van der Waals surface area contributed by atoms with Gasteiger partial charge in [0.05, 0.1) is 12.1 Å². The van der Waals surface area contributed by atoms with Gasteiger partial charge in [-0.15, -0.1) is 11.3 Å². The number of amides is 1. The molecule has 5 heteroatoms. The third-order valence-electron chi connectivity index (χ3n) is 3.94. The number of nitrogens with one attached hydrogen (secondary N) is 1. The average molecular weight is 301 g/mol. The van der Waals surface area contributed by atoms with Gasteiger partial charge >= 0.3 is 0 Å². The van der Waals surface area contributed by atoms with Gasteiger partial charge in [0.25, 0.3) is 0 Å². The van der Waals surface area contributed by atoms with E-state index in [9.17, 15) is 4.79 Å². The maximum atomic E-state index is 12.2. The SMILES string of the molecule is Cc1nc(N)sc1CC(=O)NC1CCc2ccccc2C1. The summed E-state index contributed by atoms with van der Waals surface area (Å²) in [6.07, 6.45) is 3.34. The fourth-order valence-corrected chi connectivity index (χ4v) is 3.69. The van der Waals surface area contributed by atoms with Crippen LogP contribution in [0.2, 0.25) is 0 Å². The van der Waals surface area contributed by atoms with Gasteiger partial charge < -0.3 is 11.1 Å². The molecule has 3 rings (SSSR count). The molecule has 2 aromatic rings. The first-order chi connectivity index (χ1) is 10.1. The summed E-state index contributed by atoms with van der Waals surface area (Å²) < 4.78 is 0. The lowest BCUT2D eigenvalue weighted by atomic mass is 9.88. The molecule has 1 aliphatic rings. The van der Waals surface area contributed by atoms with E-state index >= 15 is 0 Å². The zero-order valence-electron chi connectivity index (χ0n) is 12.1. The molecule has 4 nitrogen and oxygen atoms in total. The second kappa shape index (κ2) is 5.85. The van der Waals surface area contributed by atoms with Crippen LogP contribution >= 0.6 is 11.3 Å². The van der Waals surface area contributed by atoms with Gasteiger partial charge in [-0.1, -0.05) is 24.3 Å². The van der Waals surface area contributed by atoms with E-state index in [1.165, 1.54) is 22.5 Å². The van der Waals surface area contributed by atoms with Crippen molar-refractivity contribution >= 4 is 22.4 Å². The number of carbonyl (C=O) groups excluding carboxylic acids is 1. The Morgan fingerprint density at radius 1 is 1.43 bits per heavy atom. The molecule has 0 bridgehead atoms. The number of fused-ring (bicyclic) bond motifs is 1. The van der Waals surface area contributed by atoms with Crippen LogP contribution in [0.4, 0.5) is 5.13 Å². The van der Waals surface area contributed by atoms with Gasteiger partial charge in [-0.3, -0.25) is 4.79 Å². The third kappa shape index (κ3) is 3.24. The lowest BCUT2D eigenvalue weighted by Gasteiger charge is -2.25. The molecule has 3 N–H and O–H groups in total. The third-order valence-corrected chi connectivity index (χ3v) is 4.93. The van der Waals surface area contributed by atoms with Gasteiger partial charge in [-0.25, -0.2) is 4.98 Å². The van der Waals surface area contributed by atoms with Crippen LogP contribution in [0.15, 0.2) is 24.3 Å². The normalized spacial score (nSPS) is 17.3. The van der Waals surface area contributed by atoms with Crippen molar-refractivity contribution in [3.63, 3.8) is 0 Å². The summed E-state index contributed by atoms with van der Waals surface area (Å²) in [7, 11) is 0. The number of thiazole rings is 1. The van der Waals surface area contributed by atoms with E-state index in [-0.39, 0.29) is 11.9 Å². The molecule has 1 atom stereocenters. The first kappa shape index (κ1) is 14.1. The molecular weight excluding hydrogens is 282 g/mol. The monoisotopic (exact) mass is 301 g/mol. The molecule has 1 unspecified atom stereocenters. The van der Waals surface area contributed by atoms with E-state index in [4.69, 9.17) is 5.73 Å². The topological polar surface area (TPSA) is 68.0 Å². The number of nitrogen functional groups attached to an aromatic ring is 1. The van der Waals surface area contributed by atoms with Crippen LogP contribution in [0.3, 0.4) is 0 Å². The highest BCUT2D eigenvalue weighted by atomic mass is 32.1. The summed E-state index contributed by atoms with van der Waals surface area (Å²) >= 11 is 1.40. The molecule has 0 saturated carbocycles. The number of hydrogen-bond donors (Lipinski definition) is 2. The summed E-state index contributed by atoms with van der Waals surface area (Å²) in [5.41, 5.74) is 9.30. The van der Waals surface area contributed by atoms with Crippen LogP contribution in [0.1, 0.15) is 28.1 Å². The summed E-state index contributed by atoms with van der Waals surface area (Å²) in [5.74, 6) is 0.0612. The lowest BCUT2D eigenvalue weighted by Crippen LogP contribution is -2.39. The number of hydrogen-bond acceptors (Lipinski definition) is 4. The molecule has 1 aliphatic carbocycles. The number of nitrogens with zero attached hydrogens (tertiary/aromatic N) is 1. The molecule has 1 amide bonds. The van der Waals surface area contributed by atoms with Crippen LogP contribution in [0.25, 0.3) is 0 Å². The van der Waals surface area contributed by atoms with Gasteiger partial charge in [0.1, 0.15) is 0 Å². The van der Waals surface area contributed by atoms with Crippen LogP contribution < -0.4 is 11.1 Å². The van der Waals surface area contributed by atoms with Gasteiger partial charge in [0.15, 0.2) is 5.13 Å². The molecule has 21 heavy (non-hydrogen) atoms. The van der Waals surface area contributed by atoms with Gasteiger partial charge in [0.2, 0.25) is 5.91 Å². The van der Waals surface area contributed by atoms with Crippen molar-refractivity contribution < 1.29 is 4.79 Å². The smallest absolute Gasteiger partial charge is 0.225 e. The number of aryl methyl sites for hydroxylation is 2. The van der Waals surface area contributed by atoms with Crippen LogP contribution in [0, 0.1) is 6.92 Å². The van der Waals surface area contributed by atoms with Gasteiger partial charge in [-0.05, 0) is 37.3 Å². The minimum atomic E-state index is 0.0612. The Morgan fingerprint density at radius 2 is 2.19 bits per heavy atom. The lowest BCUT2D eigenvalue weighted by molar-refractivity contribution is -0.121. The highest BCUT2D eigenvalue weighted by Crippen LogP contribution is 2.22. The van der Waals surface area contributed by atoms with Crippen LogP contribution in [0.5, 0.6) is 0 Å². The van der Waals surface area contributed by atoms with E-state index in [0.29, 0.717) is 11.6 Å². The molecule has 0 aliphatic heterocycles. The first-order valence-corrected chi connectivity index (χ1v) is 8.01. The average Bonchev–Trinajstić information content (AvgIpc) is 2.76. The summed E-state index contributed by atoms with van der Waals surface area (Å²) in [5, 5.41) is 3.67. The van der Waals surface area contributed by atoms with E-state index in [1.807, 2.05) is 6.92 Å². The van der Waals surface area contributed by atoms with E-state index in [0.717, 1.165) is 29.8 Å². The van der Waals surface area contributed by atoms with E-state index in [2.05, 4.69) is 34.6 Å². The maximum Gasteiger partial charge on any atom is 0.225 e. The molecule has 110 valence electrons. The molecule has 1 heterocycles. The van der Waals surface area contributed by atoms with Crippen molar-refractivity contribution in [3.8, 4) is 0 Å². The van der Waals surface area contributed by atoms with E-state index in [1.54, 1.807) is 0 Å². The number of nitrogens with two attached hydrogens (primary N) is 1. The predicted octanol–water partition coefficient (Wildman–Crippen LogP) is 2.25. The number of benzene rings is 1. The van der Waals surface area contributed by atoms with Crippen molar-refractivity contribution in [1.82, 2.24) is 10.3 Å². The zero-order valence-corrected chi connectivity index (χ0v) is 12.9. The summed E-state index contributed by atoms with van der Waals surface area (Å²) in [4.78, 5) is 17.3. The quantitative estimate of drug-likeness (QED) is 0.913. The van der Waals surface area contributed by atoms with Crippen molar-refractivity contribution in [1.29, 1.82) is 0 Å². The van der Waals surface area contributed by atoms with Crippen LogP contribution in [-0.4, -0.2) is 16.9 Å². The number of anilines is 1. The second-order valence-electron chi connectivity index (χ2n) is 5.51.